The molecule has 0 aliphatic heterocycles. The molecule has 2 aromatic rings. The molecule has 1 amide bonds. The van der Waals surface area contributed by atoms with Crippen LogP contribution in [0.25, 0.3) is 0 Å². The summed E-state index contributed by atoms with van der Waals surface area (Å²) in [5.74, 6) is 0.320. The number of hydrogen-bond donors (Lipinski definition) is 3. The zero-order valence-electron chi connectivity index (χ0n) is 16.2. The summed E-state index contributed by atoms with van der Waals surface area (Å²) >= 11 is 0. The number of benzene rings is 2. The van der Waals surface area contributed by atoms with E-state index >= 15 is 0 Å². The van der Waals surface area contributed by atoms with Gasteiger partial charge in [0.2, 0.25) is 0 Å². The normalized spacial score (nSPS) is 12.2. The summed E-state index contributed by atoms with van der Waals surface area (Å²) in [5.41, 5.74) is 0.627. The molecular formula is C21H27FN4O2. The molecule has 6 nitrogen and oxygen atoms in total. The number of nitrogens with zero attached hydrogens (tertiary/aromatic N) is 1. The summed E-state index contributed by atoms with van der Waals surface area (Å²) in [6.45, 7) is 5.84. The van der Waals surface area contributed by atoms with Crippen molar-refractivity contribution in [3.05, 3.63) is 66.0 Å². The largest absolute Gasteiger partial charge is 0.486 e. The van der Waals surface area contributed by atoms with Crippen molar-refractivity contribution in [1.82, 2.24) is 16.0 Å². The lowest BCUT2D eigenvalue weighted by Gasteiger charge is -2.15. The second kappa shape index (κ2) is 11.6. The molecule has 2 rings (SSSR count). The zero-order chi connectivity index (χ0) is 20.2. The maximum absolute atomic E-state index is 13.6. The van der Waals surface area contributed by atoms with E-state index in [1.807, 2.05) is 32.0 Å². The Labute approximate surface area is 165 Å². The second-order valence-electron chi connectivity index (χ2n) is 6.13. The fourth-order valence-corrected chi connectivity index (χ4v) is 2.40. The highest BCUT2D eigenvalue weighted by Crippen LogP contribution is 2.16. The first-order valence-electron chi connectivity index (χ1n) is 9.36. The van der Waals surface area contributed by atoms with E-state index in [1.165, 1.54) is 6.07 Å². The number of halogens is 1. The zero-order valence-corrected chi connectivity index (χ0v) is 16.2. The number of para-hydroxylation sites is 1. The minimum atomic E-state index is -0.391. The lowest BCUT2D eigenvalue weighted by molar-refractivity contribution is 0.0954. The molecule has 0 spiro atoms. The van der Waals surface area contributed by atoms with Crippen LogP contribution in [0.2, 0.25) is 0 Å². The third-order valence-electron chi connectivity index (χ3n) is 3.75. The average molecular weight is 386 g/mol. The van der Waals surface area contributed by atoms with E-state index in [2.05, 4.69) is 20.9 Å². The number of guanidine groups is 1. The molecule has 0 heterocycles. The van der Waals surface area contributed by atoms with Crippen molar-refractivity contribution in [2.75, 3.05) is 26.2 Å². The molecule has 1 atom stereocenters. The number of nitrogens with one attached hydrogen (secondary N) is 3. The van der Waals surface area contributed by atoms with E-state index in [1.54, 1.807) is 30.3 Å². The van der Waals surface area contributed by atoms with E-state index in [0.717, 1.165) is 0 Å². The summed E-state index contributed by atoms with van der Waals surface area (Å²) in [7, 11) is 0. The molecule has 0 radical (unpaired) electrons. The highest BCUT2D eigenvalue weighted by atomic mass is 19.1. The van der Waals surface area contributed by atoms with E-state index in [-0.39, 0.29) is 17.8 Å². The van der Waals surface area contributed by atoms with Crippen LogP contribution in [-0.2, 0) is 0 Å². The molecule has 0 saturated carbocycles. The van der Waals surface area contributed by atoms with Crippen LogP contribution in [0.5, 0.6) is 5.75 Å². The van der Waals surface area contributed by atoms with Crippen LogP contribution in [0.4, 0.5) is 4.39 Å². The van der Waals surface area contributed by atoms with E-state index in [9.17, 15) is 9.18 Å². The van der Waals surface area contributed by atoms with Gasteiger partial charge >= 0.3 is 0 Å². The maximum Gasteiger partial charge on any atom is 0.251 e. The minimum absolute atomic E-state index is 0.115. The van der Waals surface area contributed by atoms with Crippen LogP contribution in [0.3, 0.4) is 0 Å². The van der Waals surface area contributed by atoms with Crippen LogP contribution >= 0.6 is 0 Å². The lowest BCUT2D eigenvalue weighted by atomic mass is 10.2. The summed E-state index contributed by atoms with van der Waals surface area (Å²) in [6, 6.07) is 15.4. The van der Waals surface area contributed by atoms with Crippen LogP contribution < -0.4 is 20.7 Å². The van der Waals surface area contributed by atoms with Crippen molar-refractivity contribution in [2.45, 2.75) is 20.0 Å². The standard InChI is InChI=1S/C21H27FN4O2/c1-3-23-21(25-14-13-24-20(27)17-9-5-4-6-10-17)26-15-16(2)28-19-12-8-7-11-18(19)22/h4-12,16H,3,13-15H2,1-2H3,(H,24,27)(H2,23,25,26). The quantitative estimate of drug-likeness (QED) is 0.352. The van der Waals surface area contributed by atoms with Gasteiger partial charge in [0.15, 0.2) is 17.5 Å². The molecule has 1 unspecified atom stereocenters. The minimum Gasteiger partial charge on any atom is -0.486 e. The highest BCUT2D eigenvalue weighted by molar-refractivity contribution is 5.94. The molecule has 0 aliphatic rings. The van der Waals surface area contributed by atoms with Crippen LogP contribution in [-0.4, -0.2) is 44.1 Å². The fraction of sp³-hybridized carbons (Fsp3) is 0.333. The number of aliphatic imine (C=N–C) groups is 1. The summed E-state index contributed by atoms with van der Waals surface area (Å²) in [6.07, 6.45) is -0.287. The third kappa shape index (κ3) is 7.26. The topological polar surface area (TPSA) is 74.8 Å². The molecule has 150 valence electrons. The van der Waals surface area contributed by atoms with Gasteiger partial charge in [-0.05, 0) is 38.1 Å². The lowest BCUT2D eigenvalue weighted by Crippen LogP contribution is -2.42. The molecule has 3 N–H and O–H groups in total. The Morgan fingerprint density at radius 3 is 2.43 bits per heavy atom. The molecule has 28 heavy (non-hydrogen) atoms. The number of amides is 1. The van der Waals surface area contributed by atoms with Crippen molar-refractivity contribution < 1.29 is 13.9 Å². The van der Waals surface area contributed by atoms with Crippen molar-refractivity contribution in [1.29, 1.82) is 0 Å². The molecule has 0 saturated heterocycles. The van der Waals surface area contributed by atoms with E-state index < -0.39 is 5.82 Å². The molecule has 7 heteroatoms. The maximum atomic E-state index is 13.6. The smallest absolute Gasteiger partial charge is 0.251 e. The van der Waals surface area contributed by atoms with Gasteiger partial charge in [-0.15, -0.1) is 0 Å². The van der Waals surface area contributed by atoms with Crippen molar-refractivity contribution in [3.63, 3.8) is 0 Å². The fourth-order valence-electron chi connectivity index (χ4n) is 2.40. The van der Waals surface area contributed by atoms with Gasteiger partial charge in [-0.2, -0.15) is 0 Å². The van der Waals surface area contributed by atoms with Gasteiger partial charge in [0.1, 0.15) is 6.10 Å². The first kappa shape index (κ1) is 21.2. The Morgan fingerprint density at radius 2 is 1.71 bits per heavy atom. The van der Waals surface area contributed by atoms with Crippen molar-refractivity contribution in [3.8, 4) is 5.75 Å². The molecule has 0 aromatic heterocycles. The van der Waals surface area contributed by atoms with Crippen molar-refractivity contribution >= 4 is 11.9 Å². The molecule has 2 aromatic carbocycles. The second-order valence-corrected chi connectivity index (χ2v) is 6.13. The Kier molecular flexibility index (Phi) is 8.78. The summed E-state index contributed by atoms with van der Waals surface area (Å²) in [5, 5.41) is 9.13. The number of carbonyl (C=O) groups is 1. The number of carbonyl (C=O) groups excluding carboxylic acids is 1. The summed E-state index contributed by atoms with van der Waals surface area (Å²) < 4.78 is 19.2. The van der Waals surface area contributed by atoms with Gasteiger partial charge in [-0.1, -0.05) is 30.3 Å². The van der Waals surface area contributed by atoms with Gasteiger partial charge in [0.05, 0.1) is 6.54 Å². The van der Waals surface area contributed by atoms with E-state index in [4.69, 9.17) is 4.74 Å². The Morgan fingerprint density at radius 1 is 1.04 bits per heavy atom. The Balaban J connectivity index is 1.76. The predicted molar refractivity (Wildman–Crippen MR) is 109 cm³/mol. The Bertz CT molecular complexity index is 768. The monoisotopic (exact) mass is 386 g/mol. The van der Waals surface area contributed by atoms with E-state index in [0.29, 0.717) is 37.7 Å². The molecule has 0 fully saturated rings. The molecule has 0 bridgehead atoms. The van der Waals surface area contributed by atoms with Gasteiger partial charge in [-0.3, -0.25) is 4.79 Å². The van der Waals surface area contributed by atoms with Crippen LogP contribution in [0.1, 0.15) is 24.2 Å². The first-order chi connectivity index (χ1) is 13.6. The number of hydrogen-bond acceptors (Lipinski definition) is 3. The highest BCUT2D eigenvalue weighted by Gasteiger charge is 2.08. The van der Waals surface area contributed by atoms with Gasteiger partial charge in [0.25, 0.3) is 5.91 Å². The Hall–Kier alpha value is -3.09. The SMILES string of the molecule is CCNC(=NCC(C)Oc1ccccc1F)NCCNC(=O)c1ccccc1. The van der Waals surface area contributed by atoms with Gasteiger partial charge in [0, 0.05) is 25.2 Å². The van der Waals surface area contributed by atoms with Crippen LogP contribution in [0.15, 0.2) is 59.6 Å². The molecule has 0 aliphatic carbocycles. The van der Waals surface area contributed by atoms with Crippen LogP contribution in [0, 0.1) is 5.82 Å². The van der Waals surface area contributed by atoms with Crippen molar-refractivity contribution in [2.24, 2.45) is 4.99 Å². The number of ether oxygens (including phenoxy) is 1. The third-order valence-corrected chi connectivity index (χ3v) is 3.75. The summed E-state index contributed by atoms with van der Waals surface area (Å²) in [4.78, 5) is 16.4. The van der Waals surface area contributed by atoms with Gasteiger partial charge in [-0.25, -0.2) is 9.38 Å². The predicted octanol–water partition coefficient (Wildman–Crippen LogP) is 2.58. The molecular weight excluding hydrogens is 359 g/mol. The number of rotatable bonds is 9. The average Bonchev–Trinajstić information content (AvgIpc) is 2.71. The van der Waals surface area contributed by atoms with Gasteiger partial charge < -0.3 is 20.7 Å². The first-order valence-corrected chi connectivity index (χ1v) is 9.36.